The lowest BCUT2D eigenvalue weighted by atomic mass is 10.1. The summed E-state index contributed by atoms with van der Waals surface area (Å²) in [6, 6.07) is 9.11. The zero-order valence-electron chi connectivity index (χ0n) is 14.6. The molecule has 1 N–H and O–H groups in total. The van der Waals surface area contributed by atoms with Gasteiger partial charge in [-0.25, -0.2) is 0 Å². The number of fused-ring (bicyclic) bond motifs is 1. The molecule has 130 valence electrons. The van der Waals surface area contributed by atoms with Crippen LogP contribution in [0.5, 0.6) is 23.0 Å². The van der Waals surface area contributed by atoms with Crippen LogP contribution in [0.25, 0.3) is 23.1 Å². The molecule has 0 spiro atoms. The number of rotatable bonds is 5. The van der Waals surface area contributed by atoms with Gasteiger partial charge in [0.1, 0.15) is 17.1 Å². The highest BCUT2D eigenvalue weighted by atomic mass is 16.5. The maximum atomic E-state index is 10.1. The summed E-state index contributed by atoms with van der Waals surface area (Å²) in [5.74, 6) is 2.67. The minimum absolute atomic E-state index is 0.193. The van der Waals surface area contributed by atoms with Crippen LogP contribution >= 0.6 is 0 Å². The van der Waals surface area contributed by atoms with Crippen LogP contribution in [0.3, 0.4) is 0 Å². The predicted molar refractivity (Wildman–Crippen MR) is 97.6 cm³/mol. The van der Waals surface area contributed by atoms with Crippen molar-refractivity contribution in [3.05, 3.63) is 47.2 Å². The Labute approximate surface area is 146 Å². The van der Waals surface area contributed by atoms with Crippen molar-refractivity contribution in [3.63, 3.8) is 0 Å². The van der Waals surface area contributed by atoms with Gasteiger partial charge in [0.05, 0.1) is 26.7 Å². The highest BCUT2D eigenvalue weighted by Gasteiger charge is 2.12. The molecule has 3 rings (SSSR count). The number of aromatic hydroxyl groups is 1. The molecule has 0 unspecified atom stereocenters. The lowest BCUT2D eigenvalue weighted by Crippen LogP contribution is -1.95. The quantitative estimate of drug-likeness (QED) is 0.686. The first-order valence-electron chi connectivity index (χ1n) is 7.77. The Hall–Kier alpha value is -3.08. The van der Waals surface area contributed by atoms with E-state index in [0.717, 1.165) is 16.9 Å². The molecule has 0 saturated carbocycles. The molecule has 0 aliphatic heterocycles. The number of aryl methyl sites for hydroxylation is 1. The van der Waals surface area contributed by atoms with E-state index in [1.165, 1.54) is 0 Å². The number of hydrogen-bond acceptors (Lipinski definition) is 5. The zero-order chi connectivity index (χ0) is 18.0. The molecule has 0 saturated heterocycles. The summed E-state index contributed by atoms with van der Waals surface area (Å²) in [5.41, 5.74) is 2.36. The van der Waals surface area contributed by atoms with Crippen LogP contribution in [0.15, 0.2) is 34.7 Å². The largest absolute Gasteiger partial charge is 0.507 e. The van der Waals surface area contributed by atoms with Crippen LogP contribution in [0.4, 0.5) is 0 Å². The second kappa shape index (κ2) is 6.81. The second-order valence-electron chi connectivity index (χ2n) is 5.60. The number of benzene rings is 2. The molecule has 5 heteroatoms. The molecule has 25 heavy (non-hydrogen) atoms. The third-order valence-electron chi connectivity index (χ3n) is 3.92. The van der Waals surface area contributed by atoms with Crippen molar-refractivity contribution in [3.8, 4) is 23.0 Å². The zero-order valence-corrected chi connectivity index (χ0v) is 14.6. The van der Waals surface area contributed by atoms with Crippen molar-refractivity contribution < 1.29 is 23.7 Å². The standard InChI is InChI=1S/C20H20O5/c1-12-7-15-16(21)8-13(9-17(15)25-12)5-6-14-10-18(22-2)20(24-4)19(11-14)23-3/h5-11,21H,1-4H3/b6-5-. The molecule has 2 aromatic carbocycles. The fourth-order valence-corrected chi connectivity index (χ4v) is 2.75. The van der Waals surface area contributed by atoms with Crippen molar-refractivity contribution >= 4 is 23.1 Å². The number of methoxy groups -OCH3 is 3. The first-order valence-corrected chi connectivity index (χ1v) is 7.77. The molecule has 1 aromatic heterocycles. The van der Waals surface area contributed by atoms with Crippen molar-refractivity contribution in [2.75, 3.05) is 21.3 Å². The molecular formula is C20H20O5. The van der Waals surface area contributed by atoms with Gasteiger partial charge in [-0.2, -0.15) is 0 Å². The summed E-state index contributed by atoms with van der Waals surface area (Å²) in [5, 5.41) is 10.9. The van der Waals surface area contributed by atoms with E-state index in [1.807, 2.05) is 43.3 Å². The van der Waals surface area contributed by atoms with E-state index in [1.54, 1.807) is 27.4 Å². The van der Waals surface area contributed by atoms with E-state index in [0.29, 0.717) is 28.2 Å². The topological polar surface area (TPSA) is 61.1 Å². The van der Waals surface area contributed by atoms with Gasteiger partial charge in [-0.05, 0) is 48.4 Å². The maximum Gasteiger partial charge on any atom is 0.203 e. The summed E-state index contributed by atoms with van der Waals surface area (Å²) in [4.78, 5) is 0. The lowest BCUT2D eigenvalue weighted by molar-refractivity contribution is 0.324. The normalized spacial score (nSPS) is 11.2. The molecule has 0 bridgehead atoms. The molecular weight excluding hydrogens is 320 g/mol. The van der Waals surface area contributed by atoms with Crippen LogP contribution in [0.2, 0.25) is 0 Å². The molecule has 0 atom stereocenters. The fourth-order valence-electron chi connectivity index (χ4n) is 2.75. The van der Waals surface area contributed by atoms with E-state index < -0.39 is 0 Å². The minimum Gasteiger partial charge on any atom is -0.507 e. The Morgan fingerprint density at radius 2 is 1.44 bits per heavy atom. The van der Waals surface area contributed by atoms with Crippen LogP contribution < -0.4 is 14.2 Å². The van der Waals surface area contributed by atoms with E-state index in [9.17, 15) is 5.11 Å². The number of hydrogen-bond donors (Lipinski definition) is 1. The number of ether oxygens (including phenoxy) is 3. The molecule has 0 radical (unpaired) electrons. The Kier molecular flexibility index (Phi) is 4.57. The maximum absolute atomic E-state index is 10.1. The van der Waals surface area contributed by atoms with Gasteiger partial charge in [0.2, 0.25) is 5.75 Å². The molecule has 0 amide bonds. The molecule has 3 aromatic rings. The average Bonchev–Trinajstić information content (AvgIpc) is 2.99. The third kappa shape index (κ3) is 3.26. The van der Waals surface area contributed by atoms with Gasteiger partial charge < -0.3 is 23.7 Å². The number of phenolic OH excluding ortho intramolecular Hbond substituents is 1. The Morgan fingerprint density at radius 1 is 0.840 bits per heavy atom. The van der Waals surface area contributed by atoms with Gasteiger partial charge >= 0.3 is 0 Å². The summed E-state index contributed by atoms with van der Waals surface area (Å²) in [6.07, 6.45) is 3.79. The van der Waals surface area contributed by atoms with Crippen molar-refractivity contribution in [2.45, 2.75) is 6.92 Å². The highest BCUT2D eigenvalue weighted by molar-refractivity contribution is 5.88. The third-order valence-corrected chi connectivity index (χ3v) is 3.92. The van der Waals surface area contributed by atoms with Crippen LogP contribution in [0, 0.1) is 6.92 Å². The Morgan fingerprint density at radius 3 is 2.00 bits per heavy atom. The van der Waals surface area contributed by atoms with Crippen molar-refractivity contribution in [2.24, 2.45) is 0 Å². The average molecular weight is 340 g/mol. The first-order chi connectivity index (χ1) is 12.0. The van der Waals surface area contributed by atoms with Crippen LogP contribution in [0.1, 0.15) is 16.9 Å². The summed E-state index contributed by atoms with van der Waals surface area (Å²) in [6.45, 7) is 1.85. The Bertz CT molecular complexity index is 912. The smallest absolute Gasteiger partial charge is 0.203 e. The van der Waals surface area contributed by atoms with E-state index >= 15 is 0 Å². The van der Waals surface area contributed by atoms with Gasteiger partial charge in [-0.1, -0.05) is 12.2 Å². The van der Waals surface area contributed by atoms with Crippen LogP contribution in [-0.4, -0.2) is 26.4 Å². The first kappa shape index (κ1) is 16.8. The molecule has 0 aliphatic rings. The van der Waals surface area contributed by atoms with Crippen molar-refractivity contribution in [1.82, 2.24) is 0 Å². The van der Waals surface area contributed by atoms with E-state index in [-0.39, 0.29) is 5.75 Å². The number of phenols is 1. The molecule has 5 nitrogen and oxygen atoms in total. The Balaban J connectivity index is 1.99. The van der Waals surface area contributed by atoms with Gasteiger partial charge in [0, 0.05) is 0 Å². The van der Waals surface area contributed by atoms with Gasteiger partial charge in [-0.3, -0.25) is 0 Å². The summed E-state index contributed by atoms with van der Waals surface area (Å²) in [7, 11) is 4.73. The monoisotopic (exact) mass is 340 g/mol. The molecule has 0 fully saturated rings. The fraction of sp³-hybridized carbons (Fsp3) is 0.200. The summed E-state index contributed by atoms with van der Waals surface area (Å²) < 4.78 is 21.6. The second-order valence-corrected chi connectivity index (χ2v) is 5.60. The lowest BCUT2D eigenvalue weighted by Gasteiger charge is -2.12. The van der Waals surface area contributed by atoms with Crippen LogP contribution in [-0.2, 0) is 0 Å². The van der Waals surface area contributed by atoms with Gasteiger partial charge in [0.25, 0.3) is 0 Å². The summed E-state index contributed by atoms with van der Waals surface area (Å²) >= 11 is 0. The van der Waals surface area contributed by atoms with Gasteiger partial charge in [0.15, 0.2) is 11.5 Å². The highest BCUT2D eigenvalue weighted by Crippen LogP contribution is 2.38. The predicted octanol–water partition coefficient (Wildman–Crippen LogP) is 4.64. The molecule has 0 aliphatic carbocycles. The van der Waals surface area contributed by atoms with Crippen molar-refractivity contribution in [1.29, 1.82) is 0 Å². The van der Waals surface area contributed by atoms with E-state index in [4.69, 9.17) is 18.6 Å². The SMILES string of the molecule is COc1cc(/C=C\c2cc(O)c3cc(C)oc3c2)cc(OC)c1OC. The molecule has 1 heterocycles. The minimum atomic E-state index is 0.193. The van der Waals surface area contributed by atoms with E-state index in [2.05, 4.69) is 0 Å². The van der Waals surface area contributed by atoms with Gasteiger partial charge in [-0.15, -0.1) is 0 Å². The number of furan rings is 1.